The third kappa shape index (κ3) is 1.55. The van der Waals surface area contributed by atoms with Crippen molar-refractivity contribution in [3.8, 4) is 0 Å². The van der Waals surface area contributed by atoms with E-state index in [0.717, 1.165) is 4.57 Å². The molecule has 0 unspecified atom stereocenters. The topological polar surface area (TPSA) is 30.7 Å². The summed E-state index contributed by atoms with van der Waals surface area (Å²) in [5, 5.41) is 0. The fourth-order valence-electron chi connectivity index (χ4n) is 1.33. The molecule has 3 nitrogen and oxygen atoms in total. The molecule has 2 radical (unpaired) electrons. The summed E-state index contributed by atoms with van der Waals surface area (Å²) >= 11 is 0. The Morgan fingerprint density at radius 1 is 1.27 bits per heavy atom. The number of pyridine rings is 1. The number of imidazole rings is 1. The van der Waals surface area contributed by atoms with Crippen LogP contribution in [0.1, 0.15) is 11.5 Å². The summed E-state index contributed by atoms with van der Waals surface area (Å²) in [5.41, 5.74) is 0.473. The Morgan fingerprint density at radius 3 is 2.53 bits per heavy atom. The Kier molecular flexibility index (Phi) is 1.95. The van der Waals surface area contributed by atoms with E-state index in [1.807, 2.05) is 0 Å². The van der Waals surface area contributed by atoms with Gasteiger partial charge in [0, 0.05) is 19.7 Å². The molecule has 2 aromatic heterocycles. The van der Waals surface area contributed by atoms with Gasteiger partial charge in [-0.1, -0.05) is 0 Å². The number of hydrogen-bond acceptors (Lipinski definition) is 2. The first-order valence-electron chi connectivity index (χ1n) is 4.06. The van der Waals surface area contributed by atoms with Gasteiger partial charge < -0.3 is 4.57 Å². The van der Waals surface area contributed by atoms with Crippen molar-refractivity contribution >= 4 is 11.2 Å². The molecule has 0 aliphatic heterocycles. The summed E-state index contributed by atoms with van der Waals surface area (Å²) in [7, 11) is 1.25. The third-order valence-corrected chi connectivity index (χ3v) is 1.99. The van der Waals surface area contributed by atoms with Crippen LogP contribution >= 0.6 is 0 Å². The van der Waals surface area contributed by atoms with Gasteiger partial charge in [-0.05, 0) is 12.1 Å². The first-order chi connectivity index (χ1) is 6.89. The largest absolute Gasteiger partial charge is 0.449 e. The fraction of sp³-hybridized carbons (Fsp3) is 0.222. The van der Waals surface area contributed by atoms with Crippen LogP contribution in [-0.2, 0) is 13.2 Å². The molecule has 0 saturated heterocycles. The van der Waals surface area contributed by atoms with Crippen molar-refractivity contribution in [2.24, 2.45) is 7.05 Å². The zero-order valence-electron chi connectivity index (χ0n) is 7.71. The summed E-state index contributed by atoms with van der Waals surface area (Å²) < 4.78 is 38.2. The Labute approximate surface area is 83.6 Å². The summed E-state index contributed by atoms with van der Waals surface area (Å²) in [6.07, 6.45) is -4.48. The number of aromatic nitrogens is 3. The number of hydrogen-bond donors (Lipinski definition) is 0. The van der Waals surface area contributed by atoms with Gasteiger partial charge in [-0.25, -0.2) is 9.97 Å². The number of alkyl halides is 3. The molecule has 0 aromatic carbocycles. The number of nitrogens with zero attached hydrogens (tertiary/aromatic N) is 3. The Bertz CT molecular complexity index is 513. The van der Waals surface area contributed by atoms with Crippen LogP contribution in [0.2, 0.25) is 0 Å². The van der Waals surface area contributed by atoms with E-state index in [2.05, 4.69) is 9.97 Å². The zero-order chi connectivity index (χ0) is 11.2. The lowest BCUT2D eigenvalue weighted by Gasteiger charge is -2.04. The molecule has 0 spiro atoms. The molecule has 0 N–H and O–H groups in total. The minimum absolute atomic E-state index is 0.127. The minimum atomic E-state index is -4.48. The van der Waals surface area contributed by atoms with Gasteiger partial charge in [0.05, 0.1) is 0 Å². The van der Waals surface area contributed by atoms with Crippen LogP contribution in [0.15, 0.2) is 12.1 Å². The van der Waals surface area contributed by atoms with Crippen molar-refractivity contribution in [1.82, 2.24) is 14.5 Å². The van der Waals surface area contributed by atoms with E-state index in [1.165, 1.54) is 19.2 Å². The molecular formula is C9H6F3N3. The molecule has 6 heteroatoms. The van der Waals surface area contributed by atoms with Crippen LogP contribution in [0.5, 0.6) is 0 Å². The Morgan fingerprint density at radius 2 is 1.93 bits per heavy atom. The number of fused-ring (bicyclic) bond motifs is 1. The zero-order valence-corrected chi connectivity index (χ0v) is 7.71. The van der Waals surface area contributed by atoms with Crippen molar-refractivity contribution in [1.29, 1.82) is 0 Å². The molecule has 2 heterocycles. The second-order valence-corrected chi connectivity index (χ2v) is 3.07. The standard InChI is InChI=1S/C9H6F3N3/c1-5-3-4-6-7(13-5)15(2)8(14-6)9(10,11)12/h1,3-4H,2H3. The van der Waals surface area contributed by atoms with Crippen LogP contribution in [0.4, 0.5) is 13.2 Å². The maximum atomic E-state index is 12.4. The molecule has 0 aliphatic rings. The SMILES string of the molecule is [CH]c1ccc2nc(C(F)(F)F)n(C)c2n1. The van der Waals surface area contributed by atoms with E-state index in [0.29, 0.717) is 0 Å². The smallest absolute Gasteiger partial charge is 0.308 e. The van der Waals surface area contributed by atoms with E-state index >= 15 is 0 Å². The molecular weight excluding hydrogens is 207 g/mol. The minimum Gasteiger partial charge on any atom is -0.308 e. The van der Waals surface area contributed by atoms with Crippen molar-refractivity contribution in [3.05, 3.63) is 30.6 Å². The number of rotatable bonds is 0. The molecule has 78 valence electrons. The summed E-state index contributed by atoms with van der Waals surface area (Å²) in [6.45, 7) is 5.38. The Hall–Kier alpha value is -1.59. The van der Waals surface area contributed by atoms with Crippen LogP contribution in [0.25, 0.3) is 11.2 Å². The van der Waals surface area contributed by atoms with E-state index < -0.39 is 12.0 Å². The second kappa shape index (κ2) is 2.95. The molecule has 0 fully saturated rings. The maximum absolute atomic E-state index is 12.4. The van der Waals surface area contributed by atoms with Crippen molar-refractivity contribution in [2.75, 3.05) is 0 Å². The van der Waals surface area contributed by atoms with E-state index in [9.17, 15) is 13.2 Å². The van der Waals surface area contributed by atoms with Gasteiger partial charge in [0.25, 0.3) is 0 Å². The van der Waals surface area contributed by atoms with Crippen LogP contribution in [0.3, 0.4) is 0 Å². The summed E-state index contributed by atoms with van der Waals surface area (Å²) in [6, 6.07) is 2.82. The first kappa shape index (κ1) is 9.95. The first-order valence-corrected chi connectivity index (χ1v) is 4.06. The van der Waals surface area contributed by atoms with Gasteiger partial charge in [0.1, 0.15) is 5.52 Å². The van der Waals surface area contributed by atoms with Crippen molar-refractivity contribution < 1.29 is 13.2 Å². The van der Waals surface area contributed by atoms with Gasteiger partial charge in [0.15, 0.2) is 5.65 Å². The molecule has 2 rings (SSSR count). The quantitative estimate of drug-likeness (QED) is 0.670. The van der Waals surface area contributed by atoms with E-state index in [1.54, 1.807) is 0 Å². The van der Waals surface area contributed by atoms with Crippen LogP contribution in [0, 0.1) is 6.92 Å². The van der Waals surface area contributed by atoms with Crippen LogP contribution in [-0.4, -0.2) is 14.5 Å². The molecule has 0 bridgehead atoms. The predicted molar refractivity (Wildman–Crippen MR) is 46.9 cm³/mol. The lowest BCUT2D eigenvalue weighted by Crippen LogP contribution is -2.12. The molecule has 0 saturated carbocycles. The lowest BCUT2D eigenvalue weighted by molar-refractivity contribution is -0.146. The van der Waals surface area contributed by atoms with Gasteiger partial charge in [-0.3, -0.25) is 0 Å². The fourth-order valence-corrected chi connectivity index (χ4v) is 1.33. The number of halogens is 3. The van der Waals surface area contributed by atoms with Gasteiger partial charge in [0.2, 0.25) is 5.82 Å². The maximum Gasteiger partial charge on any atom is 0.449 e. The van der Waals surface area contributed by atoms with Crippen molar-refractivity contribution in [3.63, 3.8) is 0 Å². The highest BCUT2D eigenvalue weighted by atomic mass is 19.4. The highest BCUT2D eigenvalue weighted by Gasteiger charge is 2.36. The van der Waals surface area contributed by atoms with Gasteiger partial charge in [-0.15, -0.1) is 0 Å². The summed E-state index contributed by atoms with van der Waals surface area (Å²) in [5.74, 6) is -0.976. The molecule has 2 aromatic rings. The molecule has 0 atom stereocenters. The average molecular weight is 213 g/mol. The highest BCUT2D eigenvalue weighted by Crippen LogP contribution is 2.29. The number of aryl methyl sites for hydroxylation is 1. The normalized spacial score (nSPS) is 12.3. The average Bonchev–Trinajstić information content (AvgIpc) is 2.43. The highest BCUT2D eigenvalue weighted by molar-refractivity contribution is 5.71. The van der Waals surface area contributed by atoms with E-state index in [-0.39, 0.29) is 16.9 Å². The van der Waals surface area contributed by atoms with Crippen LogP contribution < -0.4 is 0 Å². The van der Waals surface area contributed by atoms with Crippen molar-refractivity contribution in [2.45, 2.75) is 6.18 Å². The van der Waals surface area contributed by atoms with Gasteiger partial charge >= 0.3 is 6.18 Å². The monoisotopic (exact) mass is 213 g/mol. The Balaban J connectivity index is 2.76. The van der Waals surface area contributed by atoms with E-state index in [4.69, 9.17) is 6.92 Å². The van der Waals surface area contributed by atoms with Gasteiger partial charge in [-0.2, -0.15) is 13.2 Å². The second-order valence-electron chi connectivity index (χ2n) is 3.07. The predicted octanol–water partition coefficient (Wildman–Crippen LogP) is 2.05. The molecule has 15 heavy (non-hydrogen) atoms. The lowest BCUT2D eigenvalue weighted by atomic mass is 10.3. The molecule has 0 aliphatic carbocycles. The third-order valence-electron chi connectivity index (χ3n) is 1.99. The molecule has 0 amide bonds. The summed E-state index contributed by atoms with van der Waals surface area (Å²) in [4.78, 5) is 7.23.